The standard InChI is InChI=1S/C9H12F3NO4S/c10-9(11,12)18(14,15)17-8-1-3-13(4-2-8)7-5-16-6-7/h1,7H,2-6H2. The third-order valence-corrected chi connectivity index (χ3v) is 3.84. The van der Waals surface area contributed by atoms with E-state index in [0.717, 1.165) is 0 Å². The summed E-state index contributed by atoms with van der Waals surface area (Å²) in [5.74, 6) is -0.149. The summed E-state index contributed by atoms with van der Waals surface area (Å²) in [6.07, 6.45) is 1.51. The highest BCUT2D eigenvalue weighted by atomic mass is 32.2. The van der Waals surface area contributed by atoms with Gasteiger partial charge in [-0.15, -0.1) is 0 Å². The van der Waals surface area contributed by atoms with Crippen molar-refractivity contribution in [2.75, 3.05) is 26.3 Å². The summed E-state index contributed by atoms with van der Waals surface area (Å²) in [7, 11) is -5.54. The smallest absolute Gasteiger partial charge is 0.381 e. The molecule has 0 saturated carbocycles. The predicted octanol–water partition coefficient (Wildman–Crippen LogP) is 0.841. The Morgan fingerprint density at radius 2 is 2.06 bits per heavy atom. The first-order chi connectivity index (χ1) is 8.29. The lowest BCUT2D eigenvalue weighted by Gasteiger charge is -2.38. The highest BCUT2D eigenvalue weighted by Gasteiger charge is 2.49. The molecule has 9 heteroatoms. The lowest BCUT2D eigenvalue weighted by molar-refractivity contribution is -0.0641. The van der Waals surface area contributed by atoms with Gasteiger partial charge in [-0.25, -0.2) is 0 Å². The molecular formula is C9H12F3NO4S. The molecule has 0 atom stereocenters. The van der Waals surface area contributed by atoms with Crippen molar-refractivity contribution in [2.24, 2.45) is 0 Å². The van der Waals surface area contributed by atoms with Crippen molar-refractivity contribution in [3.05, 3.63) is 11.8 Å². The first-order valence-electron chi connectivity index (χ1n) is 5.31. The van der Waals surface area contributed by atoms with E-state index in [9.17, 15) is 21.6 Å². The maximum atomic E-state index is 12.1. The summed E-state index contributed by atoms with van der Waals surface area (Å²) in [4.78, 5) is 2.01. The number of hydrogen-bond acceptors (Lipinski definition) is 5. The normalized spacial score (nSPS) is 23.4. The Bertz CT molecular complexity index is 441. The van der Waals surface area contributed by atoms with Crippen LogP contribution in [-0.4, -0.2) is 51.2 Å². The lowest BCUT2D eigenvalue weighted by atomic mass is 10.1. The molecule has 0 aromatic heterocycles. The van der Waals surface area contributed by atoms with Crippen LogP contribution in [0.15, 0.2) is 11.8 Å². The monoisotopic (exact) mass is 287 g/mol. The Morgan fingerprint density at radius 3 is 2.44 bits per heavy atom. The van der Waals surface area contributed by atoms with Crippen LogP contribution in [-0.2, 0) is 19.0 Å². The maximum absolute atomic E-state index is 12.1. The molecule has 2 aliphatic rings. The molecule has 0 amide bonds. The van der Waals surface area contributed by atoms with Crippen molar-refractivity contribution < 1.29 is 30.5 Å². The Hall–Kier alpha value is -0.800. The average molecular weight is 287 g/mol. The SMILES string of the molecule is O=S(=O)(OC1=CCN(C2COC2)CC1)C(F)(F)F. The summed E-state index contributed by atoms with van der Waals surface area (Å²) in [6, 6.07) is 0.266. The second-order valence-corrected chi connectivity index (χ2v) is 5.63. The van der Waals surface area contributed by atoms with Crippen molar-refractivity contribution in [2.45, 2.75) is 18.0 Å². The second kappa shape index (κ2) is 4.71. The topological polar surface area (TPSA) is 55.8 Å². The molecule has 18 heavy (non-hydrogen) atoms. The Morgan fingerprint density at radius 1 is 1.39 bits per heavy atom. The van der Waals surface area contributed by atoms with Gasteiger partial charge in [0.2, 0.25) is 0 Å². The summed E-state index contributed by atoms with van der Waals surface area (Å²) in [5.41, 5.74) is -5.38. The van der Waals surface area contributed by atoms with Gasteiger partial charge >= 0.3 is 15.6 Å². The van der Waals surface area contributed by atoms with Gasteiger partial charge in [0.1, 0.15) is 5.76 Å². The van der Waals surface area contributed by atoms with Gasteiger partial charge in [0.25, 0.3) is 0 Å². The highest BCUT2D eigenvalue weighted by molar-refractivity contribution is 7.87. The number of alkyl halides is 3. The summed E-state index contributed by atoms with van der Waals surface area (Å²) in [6.45, 7) is 2.04. The second-order valence-electron chi connectivity index (χ2n) is 4.09. The number of ether oxygens (including phenoxy) is 1. The van der Waals surface area contributed by atoms with Crippen LogP contribution in [0, 0.1) is 0 Å². The quantitative estimate of drug-likeness (QED) is 0.569. The van der Waals surface area contributed by atoms with Gasteiger partial charge in [0.05, 0.1) is 19.3 Å². The minimum absolute atomic E-state index is 0.145. The van der Waals surface area contributed by atoms with E-state index in [-0.39, 0.29) is 18.2 Å². The van der Waals surface area contributed by atoms with Gasteiger partial charge in [-0.1, -0.05) is 0 Å². The van der Waals surface area contributed by atoms with Crippen LogP contribution >= 0.6 is 0 Å². The molecule has 104 valence electrons. The van der Waals surface area contributed by atoms with E-state index < -0.39 is 15.6 Å². The summed E-state index contributed by atoms with van der Waals surface area (Å²) < 4.78 is 66.9. The first kappa shape index (κ1) is 13.6. The minimum atomic E-state index is -5.54. The van der Waals surface area contributed by atoms with E-state index in [4.69, 9.17) is 4.74 Å². The van der Waals surface area contributed by atoms with Crippen molar-refractivity contribution >= 4 is 10.1 Å². The number of rotatable bonds is 3. The zero-order valence-corrected chi connectivity index (χ0v) is 10.1. The van der Waals surface area contributed by atoms with Gasteiger partial charge in [0.15, 0.2) is 0 Å². The van der Waals surface area contributed by atoms with Crippen LogP contribution in [0.5, 0.6) is 0 Å². The van der Waals surface area contributed by atoms with Gasteiger partial charge < -0.3 is 8.92 Å². The third kappa shape index (κ3) is 2.78. The molecule has 0 aromatic rings. The van der Waals surface area contributed by atoms with Crippen LogP contribution in [0.25, 0.3) is 0 Å². The maximum Gasteiger partial charge on any atom is 0.534 e. The molecule has 5 nitrogen and oxygen atoms in total. The molecule has 2 heterocycles. The fourth-order valence-electron chi connectivity index (χ4n) is 1.70. The number of halogens is 3. The number of hydrogen-bond donors (Lipinski definition) is 0. The molecule has 0 spiro atoms. The molecule has 2 rings (SSSR count). The lowest BCUT2D eigenvalue weighted by Crippen LogP contribution is -2.50. The van der Waals surface area contributed by atoms with Crippen LogP contribution in [0.3, 0.4) is 0 Å². The van der Waals surface area contributed by atoms with E-state index in [1.165, 1.54) is 6.08 Å². The van der Waals surface area contributed by atoms with E-state index in [1.807, 2.05) is 4.90 Å². The first-order valence-corrected chi connectivity index (χ1v) is 6.72. The van der Waals surface area contributed by atoms with Crippen molar-refractivity contribution in [3.8, 4) is 0 Å². The van der Waals surface area contributed by atoms with E-state index >= 15 is 0 Å². The third-order valence-electron chi connectivity index (χ3n) is 2.84. The molecule has 0 bridgehead atoms. The molecule has 0 N–H and O–H groups in total. The average Bonchev–Trinajstić information content (AvgIpc) is 2.16. The zero-order chi connectivity index (χ0) is 13.4. The van der Waals surface area contributed by atoms with E-state index in [1.54, 1.807) is 0 Å². The Balaban J connectivity index is 1.94. The van der Waals surface area contributed by atoms with Gasteiger partial charge in [-0.05, 0) is 6.08 Å². The van der Waals surface area contributed by atoms with Crippen LogP contribution in [0.4, 0.5) is 13.2 Å². The van der Waals surface area contributed by atoms with Crippen LogP contribution in [0.1, 0.15) is 6.42 Å². The fraction of sp³-hybridized carbons (Fsp3) is 0.778. The molecule has 1 saturated heterocycles. The van der Waals surface area contributed by atoms with Crippen molar-refractivity contribution in [1.82, 2.24) is 4.90 Å². The summed E-state index contributed by atoms with van der Waals surface area (Å²) >= 11 is 0. The molecule has 0 unspecified atom stereocenters. The van der Waals surface area contributed by atoms with Gasteiger partial charge in [0, 0.05) is 19.5 Å². The van der Waals surface area contributed by atoms with Gasteiger partial charge in [-0.2, -0.15) is 21.6 Å². The minimum Gasteiger partial charge on any atom is -0.381 e. The predicted molar refractivity (Wildman–Crippen MR) is 54.9 cm³/mol. The van der Waals surface area contributed by atoms with Gasteiger partial charge in [-0.3, -0.25) is 4.90 Å². The zero-order valence-electron chi connectivity index (χ0n) is 9.31. The van der Waals surface area contributed by atoms with E-state index in [0.29, 0.717) is 26.3 Å². The fourth-order valence-corrected chi connectivity index (χ4v) is 2.22. The molecule has 1 fully saturated rings. The van der Waals surface area contributed by atoms with Crippen LogP contribution in [0.2, 0.25) is 0 Å². The van der Waals surface area contributed by atoms with Crippen molar-refractivity contribution in [1.29, 1.82) is 0 Å². The summed E-state index contributed by atoms with van der Waals surface area (Å²) in [5, 5.41) is 0. The molecular weight excluding hydrogens is 275 g/mol. The van der Waals surface area contributed by atoms with Crippen molar-refractivity contribution in [3.63, 3.8) is 0 Å². The molecule has 0 aliphatic carbocycles. The molecule has 2 aliphatic heterocycles. The molecule has 0 radical (unpaired) electrons. The largest absolute Gasteiger partial charge is 0.534 e. The van der Waals surface area contributed by atoms with Crippen LogP contribution < -0.4 is 0 Å². The Labute approximate surface area is 102 Å². The highest BCUT2D eigenvalue weighted by Crippen LogP contribution is 2.28. The van der Waals surface area contributed by atoms with E-state index in [2.05, 4.69) is 4.18 Å². The number of nitrogens with zero attached hydrogens (tertiary/aromatic N) is 1. The molecule has 0 aromatic carbocycles. The Kier molecular flexibility index (Phi) is 3.56.